The van der Waals surface area contributed by atoms with Crippen molar-refractivity contribution in [2.24, 2.45) is 0 Å². The molecule has 0 fully saturated rings. The molecule has 2 N–H and O–H groups in total. The van der Waals surface area contributed by atoms with E-state index >= 15 is 0 Å². The average Bonchev–Trinajstić information content (AvgIpc) is 3.38. The highest BCUT2D eigenvalue weighted by molar-refractivity contribution is 5.93. The number of nitrogens with zero attached hydrogens (tertiary/aromatic N) is 5. The maximum absolute atomic E-state index is 4.77. The molecule has 29 heavy (non-hydrogen) atoms. The van der Waals surface area contributed by atoms with Crippen molar-refractivity contribution in [2.45, 2.75) is 13.8 Å². The second kappa shape index (κ2) is 7.01. The molecular weight excluding hydrogens is 362 g/mol. The van der Waals surface area contributed by atoms with E-state index in [1.807, 2.05) is 24.5 Å². The quantitative estimate of drug-likeness (QED) is 0.469. The van der Waals surface area contributed by atoms with E-state index in [1.54, 1.807) is 6.20 Å². The predicted molar refractivity (Wildman–Crippen MR) is 116 cm³/mol. The van der Waals surface area contributed by atoms with Crippen molar-refractivity contribution in [3.05, 3.63) is 55.0 Å². The highest BCUT2D eigenvalue weighted by Gasteiger charge is 2.15. The van der Waals surface area contributed by atoms with Gasteiger partial charge in [0.2, 0.25) is 0 Å². The van der Waals surface area contributed by atoms with Gasteiger partial charge in [0, 0.05) is 48.5 Å². The number of aromatic amines is 2. The van der Waals surface area contributed by atoms with Gasteiger partial charge in [-0.1, -0.05) is 6.07 Å². The van der Waals surface area contributed by atoms with Gasteiger partial charge in [0.05, 0.1) is 16.4 Å². The minimum atomic E-state index is 0.664. The number of anilines is 1. The van der Waals surface area contributed by atoms with Crippen molar-refractivity contribution in [3.8, 4) is 22.6 Å². The smallest absolute Gasteiger partial charge is 0.181 e. The van der Waals surface area contributed by atoms with Crippen LogP contribution in [-0.2, 0) is 0 Å². The summed E-state index contributed by atoms with van der Waals surface area (Å²) < 4.78 is 0. The van der Waals surface area contributed by atoms with Crippen LogP contribution in [0.2, 0.25) is 0 Å². The van der Waals surface area contributed by atoms with Gasteiger partial charge in [-0.05, 0) is 44.2 Å². The molecule has 4 heterocycles. The van der Waals surface area contributed by atoms with E-state index in [-0.39, 0.29) is 0 Å². The summed E-state index contributed by atoms with van der Waals surface area (Å²) in [6, 6.07) is 12.3. The molecule has 0 atom stereocenters. The molecule has 0 amide bonds. The fraction of sp³-hybridized carbons (Fsp3) is 0.182. The lowest BCUT2D eigenvalue weighted by Crippen LogP contribution is -2.21. The van der Waals surface area contributed by atoms with Crippen molar-refractivity contribution in [1.29, 1.82) is 0 Å². The number of benzene rings is 1. The third kappa shape index (κ3) is 3.00. The van der Waals surface area contributed by atoms with Crippen LogP contribution in [0, 0.1) is 0 Å². The number of hydrogen-bond acceptors (Lipinski definition) is 5. The fourth-order valence-corrected chi connectivity index (χ4v) is 3.67. The SMILES string of the molecule is CCN(CC)c1ccc2nc(-c3[nH]nc4ncc(-c5cccnc5)cc34)[nH]c2c1. The van der Waals surface area contributed by atoms with Crippen LogP contribution in [0.3, 0.4) is 0 Å². The zero-order valence-electron chi connectivity index (χ0n) is 16.3. The number of fused-ring (bicyclic) bond motifs is 2. The van der Waals surface area contributed by atoms with Crippen LogP contribution in [0.25, 0.3) is 44.7 Å². The van der Waals surface area contributed by atoms with Gasteiger partial charge in [-0.25, -0.2) is 9.97 Å². The van der Waals surface area contributed by atoms with E-state index in [4.69, 9.17) is 4.98 Å². The molecule has 0 aliphatic carbocycles. The van der Waals surface area contributed by atoms with Crippen molar-refractivity contribution in [1.82, 2.24) is 30.1 Å². The largest absolute Gasteiger partial charge is 0.372 e. The van der Waals surface area contributed by atoms with Crippen LogP contribution >= 0.6 is 0 Å². The van der Waals surface area contributed by atoms with E-state index in [1.165, 1.54) is 5.69 Å². The third-order valence-electron chi connectivity index (χ3n) is 5.24. The van der Waals surface area contributed by atoms with E-state index in [0.29, 0.717) is 5.65 Å². The van der Waals surface area contributed by atoms with Crippen LogP contribution in [0.1, 0.15) is 13.8 Å². The first-order valence-corrected chi connectivity index (χ1v) is 9.76. The summed E-state index contributed by atoms with van der Waals surface area (Å²) in [7, 11) is 0. The summed E-state index contributed by atoms with van der Waals surface area (Å²) in [5.74, 6) is 0.754. The second-order valence-electron chi connectivity index (χ2n) is 6.89. The van der Waals surface area contributed by atoms with Crippen LogP contribution < -0.4 is 4.90 Å². The molecule has 5 rings (SSSR count). The summed E-state index contributed by atoms with van der Waals surface area (Å²) in [5, 5.41) is 8.37. The van der Waals surface area contributed by atoms with Crippen LogP contribution in [-0.4, -0.2) is 43.2 Å². The average molecular weight is 383 g/mol. The minimum Gasteiger partial charge on any atom is -0.372 e. The van der Waals surface area contributed by atoms with Crippen molar-refractivity contribution in [2.75, 3.05) is 18.0 Å². The van der Waals surface area contributed by atoms with Gasteiger partial charge >= 0.3 is 0 Å². The summed E-state index contributed by atoms with van der Waals surface area (Å²) in [5.41, 5.74) is 6.62. The number of aromatic nitrogens is 6. The van der Waals surface area contributed by atoms with Gasteiger partial charge in [0.25, 0.3) is 0 Å². The van der Waals surface area contributed by atoms with E-state index in [2.05, 4.69) is 68.2 Å². The Bertz CT molecular complexity index is 1280. The third-order valence-corrected chi connectivity index (χ3v) is 5.24. The topological polar surface area (TPSA) is 86.4 Å². The van der Waals surface area contributed by atoms with Crippen LogP contribution in [0.4, 0.5) is 5.69 Å². The molecule has 1 aromatic carbocycles. The van der Waals surface area contributed by atoms with Gasteiger partial charge < -0.3 is 9.88 Å². The molecule has 5 aromatic rings. The predicted octanol–water partition coefficient (Wildman–Crippen LogP) is 4.41. The molecule has 0 saturated carbocycles. The Labute approximate surface area is 167 Å². The Morgan fingerprint density at radius 3 is 2.69 bits per heavy atom. The Hall–Kier alpha value is -3.74. The number of rotatable bonds is 5. The van der Waals surface area contributed by atoms with Gasteiger partial charge in [-0.2, -0.15) is 5.10 Å². The number of hydrogen-bond donors (Lipinski definition) is 2. The van der Waals surface area contributed by atoms with Crippen LogP contribution in [0.15, 0.2) is 55.0 Å². The molecule has 7 heteroatoms. The van der Waals surface area contributed by atoms with Crippen molar-refractivity contribution >= 4 is 27.8 Å². The lowest BCUT2D eigenvalue weighted by molar-refractivity contribution is 0.867. The minimum absolute atomic E-state index is 0.664. The monoisotopic (exact) mass is 383 g/mol. The van der Waals surface area contributed by atoms with Crippen molar-refractivity contribution < 1.29 is 0 Å². The maximum Gasteiger partial charge on any atom is 0.181 e. The Balaban J connectivity index is 1.60. The van der Waals surface area contributed by atoms with Gasteiger partial charge in [0.15, 0.2) is 11.5 Å². The molecular formula is C22H21N7. The number of imidazole rings is 1. The molecule has 0 bridgehead atoms. The second-order valence-corrected chi connectivity index (χ2v) is 6.89. The molecule has 0 radical (unpaired) electrons. The molecule has 7 nitrogen and oxygen atoms in total. The first-order valence-electron chi connectivity index (χ1n) is 9.76. The molecule has 0 spiro atoms. The standard InChI is InChI=1S/C22H21N7/c1-3-29(4-2)16-7-8-18-19(11-16)26-22(25-18)20-17-10-15(13-24-21(17)28-27-20)14-6-5-9-23-12-14/h5-13H,3-4H2,1-2H3,(H,25,26)(H,24,27,28). The van der Waals surface area contributed by atoms with Crippen LogP contribution in [0.5, 0.6) is 0 Å². The van der Waals surface area contributed by atoms with E-state index in [9.17, 15) is 0 Å². The molecule has 0 saturated heterocycles. The molecule has 0 aliphatic heterocycles. The molecule has 4 aromatic heterocycles. The normalized spacial score (nSPS) is 11.4. The van der Waals surface area contributed by atoms with E-state index < -0.39 is 0 Å². The van der Waals surface area contributed by atoms with Gasteiger partial charge in [-0.15, -0.1) is 0 Å². The Morgan fingerprint density at radius 1 is 1.00 bits per heavy atom. The Morgan fingerprint density at radius 2 is 1.90 bits per heavy atom. The summed E-state index contributed by atoms with van der Waals surface area (Å²) in [4.78, 5) is 19.2. The summed E-state index contributed by atoms with van der Waals surface area (Å²) in [6.45, 7) is 6.26. The lowest BCUT2D eigenvalue weighted by atomic mass is 10.1. The fourth-order valence-electron chi connectivity index (χ4n) is 3.67. The number of H-pyrrole nitrogens is 2. The van der Waals surface area contributed by atoms with Gasteiger partial charge in [-0.3, -0.25) is 10.1 Å². The highest BCUT2D eigenvalue weighted by Crippen LogP contribution is 2.29. The van der Waals surface area contributed by atoms with Gasteiger partial charge in [0.1, 0.15) is 5.69 Å². The number of pyridine rings is 2. The van der Waals surface area contributed by atoms with Crippen molar-refractivity contribution in [3.63, 3.8) is 0 Å². The molecule has 0 unspecified atom stereocenters. The zero-order valence-corrected chi connectivity index (χ0v) is 16.3. The zero-order chi connectivity index (χ0) is 19.8. The number of nitrogens with one attached hydrogen (secondary N) is 2. The molecule has 144 valence electrons. The maximum atomic E-state index is 4.77. The summed E-state index contributed by atoms with van der Waals surface area (Å²) in [6.07, 6.45) is 5.41. The highest BCUT2D eigenvalue weighted by atomic mass is 15.2. The molecule has 0 aliphatic rings. The first-order chi connectivity index (χ1) is 14.3. The Kier molecular flexibility index (Phi) is 4.20. The first kappa shape index (κ1) is 17.4. The lowest BCUT2D eigenvalue weighted by Gasteiger charge is -2.20. The van der Waals surface area contributed by atoms with E-state index in [0.717, 1.165) is 52.2 Å². The summed E-state index contributed by atoms with van der Waals surface area (Å²) >= 11 is 0.